The van der Waals surface area contributed by atoms with Crippen LogP contribution in [0.5, 0.6) is 5.75 Å². The van der Waals surface area contributed by atoms with Crippen LogP contribution in [0.4, 0.5) is 0 Å². The first kappa shape index (κ1) is 9.78. The van der Waals surface area contributed by atoms with Gasteiger partial charge < -0.3 is 9.53 Å². The Labute approximate surface area is 78.5 Å². The number of methoxy groups -OCH3 is 1. The molecule has 70 valence electrons. The third-order valence-electron chi connectivity index (χ3n) is 2.13. The zero-order valence-electron chi connectivity index (χ0n) is 7.99. The number of carbonyl (C=O) groups excluding carboxylic acids is 1. The predicted molar refractivity (Wildman–Crippen MR) is 52.1 cm³/mol. The summed E-state index contributed by atoms with van der Waals surface area (Å²) in [6.45, 7) is 2.04. The van der Waals surface area contributed by atoms with E-state index in [2.05, 4.69) is 0 Å². The molecule has 1 aromatic carbocycles. The Morgan fingerprint density at radius 1 is 1.38 bits per heavy atom. The van der Waals surface area contributed by atoms with Gasteiger partial charge >= 0.3 is 0 Å². The number of carbonyl (C=O) groups is 1. The van der Waals surface area contributed by atoms with Crippen LogP contribution < -0.4 is 4.74 Å². The van der Waals surface area contributed by atoms with Crippen molar-refractivity contribution >= 4 is 6.29 Å². The maximum atomic E-state index is 10.3. The van der Waals surface area contributed by atoms with E-state index >= 15 is 0 Å². The summed E-state index contributed by atoms with van der Waals surface area (Å²) in [7, 11) is 1.64. The fourth-order valence-electron chi connectivity index (χ4n) is 1.21. The van der Waals surface area contributed by atoms with Crippen molar-refractivity contribution in [2.24, 2.45) is 0 Å². The lowest BCUT2D eigenvalue weighted by Gasteiger charge is -2.08. The summed E-state index contributed by atoms with van der Waals surface area (Å²) in [5.74, 6) is 1.14. The molecular weight excluding hydrogens is 164 g/mol. The van der Waals surface area contributed by atoms with Crippen molar-refractivity contribution in [2.45, 2.75) is 19.3 Å². The van der Waals surface area contributed by atoms with E-state index in [0.717, 1.165) is 12.0 Å². The SMILES string of the molecule is COc1ccc([C@H](C)CC=O)cc1. The van der Waals surface area contributed by atoms with Gasteiger partial charge in [0.25, 0.3) is 0 Å². The maximum absolute atomic E-state index is 10.3. The molecule has 0 N–H and O–H groups in total. The number of aldehydes is 1. The smallest absolute Gasteiger partial charge is 0.120 e. The van der Waals surface area contributed by atoms with Gasteiger partial charge in [0.15, 0.2) is 0 Å². The lowest BCUT2D eigenvalue weighted by atomic mass is 9.99. The Morgan fingerprint density at radius 2 is 2.00 bits per heavy atom. The Hall–Kier alpha value is -1.31. The van der Waals surface area contributed by atoms with Gasteiger partial charge in [-0.05, 0) is 23.6 Å². The van der Waals surface area contributed by atoms with Gasteiger partial charge in [-0.15, -0.1) is 0 Å². The first-order valence-corrected chi connectivity index (χ1v) is 4.35. The molecule has 2 heteroatoms. The molecule has 0 heterocycles. The topological polar surface area (TPSA) is 26.3 Å². The van der Waals surface area contributed by atoms with E-state index in [9.17, 15) is 4.79 Å². The van der Waals surface area contributed by atoms with Crippen LogP contribution in [0.25, 0.3) is 0 Å². The quantitative estimate of drug-likeness (QED) is 0.662. The van der Waals surface area contributed by atoms with Crippen LogP contribution in [0.3, 0.4) is 0 Å². The van der Waals surface area contributed by atoms with Crippen molar-refractivity contribution in [1.82, 2.24) is 0 Å². The molecule has 0 bridgehead atoms. The second kappa shape index (κ2) is 4.65. The van der Waals surface area contributed by atoms with Crippen molar-refractivity contribution in [2.75, 3.05) is 7.11 Å². The van der Waals surface area contributed by atoms with E-state index < -0.39 is 0 Å². The van der Waals surface area contributed by atoms with E-state index in [1.807, 2.05) is 31.2 Å². The van der Waals surface area contributed by atoms with Gasteiger partial charge in [0, 0.05) is 6.42 Å². The van der Waals surface area contributed by atoms with Gasteiger partial charge in [0.1, 0.15) is 12.0 Å². The maximum Gasteiger partial charge on any atom is 0.120 e. The molecule has 0 radical (unpaired) electrons. The minimum absolute atomic E-state index is 0.295. The molecule has 0 saturated heterocycles. The van der Waals surface area contributed by atoms with Crippen LogP contribution in [-0.4, -0.2) is 13.4 Å². The van der Waals surface area contributed by atoms with Gasteiger partial charge in [-0.2, -0.15) is 0 Å². The summed E-state index contributed by atoms with van der Waals surface area (Å²) in [5.41, 5.74) is 1.17. The highest BCUT2D eigenvalue weighted by Crippen LogP contribution is 2.20. The molecule has 0 aromatic heterocycles. The van der Waals surface area contributed by atoms with E-state index in [-0.39, 0.29) is 0 Å². The van der Waals surface area contributed by atoms with Crippen molar-refractivity contribution in [3.8, 4) is 5.75 Å². The van der Waals surface area contributed by atoms with Crippen molar-refractivity contribution in [3.05, 3.63) is 29.8 Å². The zero-order chi connectivity index (χ0) is 9.68. The van der Waals surface area contributed by atoms with Gasteiger partial charge in [-0.3, -0.25) is 0 Å². The third-order valence-corrected chi connectivity index (χ3v) is 2.13. The molecular formula is C11H14O2. The van der Waals surface area contributed by atoms with Crippen LogP contribution in [0.15, 0.2) is 24.3 Å². The Balaban J connectivity index is 2.73. The minimum Gasteiger partial charge on any atom is -0.497 e. The highest BCUT2D eigenvalue weighted by molar-refractivity contribution is 5.51. The Bertz CT molecular complexity index is 264. The predicted octanol–water partition coefficient (Wildman–Crippen LogP) is 2.39. The minimum atomic E-state index is 0.295. The summed E-state index contributed by atoms with van der Waals surface area (Å²) in [6, 6.07) is 7.81. The average molecular weight is 178 g/mol. The first-order valence-electron chi connectivity index (χ1n) is 4.35. The lowest BCUT2D eigenvalue weighted by molar-refractivity contribution is -0.108. The summed E-state index contributed by atoms with van der Waals surface area (Å²) >= 11 is 0. The van der Waals surface area contributed by atoms with E-state index in [0.29, 0.717) is 12.3 Å². The number of hydrogen-bond donors (Lipinski definition) is 0. The lowest BCUT2D eigenvalue weighted by Crippen LogP contribution is -1.94. The highest BCUT2D eigenvalue weighted by atomic mass is 16.5. The fraction of sp³-hybridized carbons (Fsp3) is 0.364. The van der Waals surface area contributed by atoms with Crippen molar-refractivity contribution in [3.63, 3.8) is 0 Å². The molecule has 0 saturated carbocycles. The molecule has 0 spiro atoms. The molecule has 0 unspecified atom stereocenters. The molecule has 13 heavy (non-hydrogen) atoms. The first-order chi connectivity index (χ1) is 6.27. The monoisotopic (exact) mass is 178 g/mol. The molecule has 1 rings (SSSR count). The normalized spacial score (nSPS) is 12.2. The van der Waals surface area contributed by atoms with Crippen molar-refractivity contribution in [1.29, 1.82) is 0 Å². The second-order valence-corrected chi connectivity index (χ2v) is 3.08. The Kier molecular flexibility index (Phi) is 3.50. The van der Waals surface area contributed by atoms with Gasteiger partial charge in [-0.1, -0.05) is 19.1 Å². The van der Waals surface area contributed by atoms with Crippen LogP contribution in [0, 0.1) is 0 Å². The van der Waals surface area contributed by atoms with Crippen LogP contribution in [0.2, 0.25) is 0 Å². The van der Waals surface area contributed by atoms with E-state index in [1.54, 1.807) is 7.11 Å². The number of benzene rings is 1. The van der Waals surface area contributed by atoms with Gasteiger partial charge in [-0.25, -0.2) is 0 Å². The zero-order valence-corrected chi connectivity index (χ0v) is 7.99. The van der Waals surface area contributed by atoms with E-state index in [1.165, 1.54) is 5.56 Å². The standard InChI is InChI=1S/C11H14O2/c1-9(7-8-12)10-3-5-11(13-2)6-4-10/h3-6,8-9H,7H2,1-2H3/t9-/m1/s1. The second-order valence-electron chi connectivity index (χ2n) is 3.08. The number of rotatable bonds is 4. The third kappa shape index (κ3) is 2.58. The van der Waals surface area contributed by atoms with Crippen molar-refractivity contribution < 1.29 is 9.53 Å². The van der Waals surface area contributed by atoms with Crippen LogP contribution >= 0.6 is 0 Å². The van der Waals surface area contributed by atoms with E-state index in [4.69, 9.17) is 4.74 Å². The highest BCUT2D eigenvalue weighted by Gasteiger charge is 2.03. The summed E-state index contributed by atoms with van der Waals surface area (Å²) < 4.78 is 5.04. The summed E-state index contributed by atoms with van der Waals surface area (Å²) in [6.07, 6.45) is 1.53. The molecule has 1 aromatic rings. The number of ether oxygens (including phenoxy) is 1. The van der Waals surface area contributed by atoms with Crippen LogP contribution in [0.1, 0.15) is 24.8 Å². The molecule has 2 nitrogen and oxygen atoms in total. The molecule has 0 aliphatic heterocycles. The molecule has 0 amide bonds. The van der Waals surface area contributed by atoms with Gasteiger partial charge in [0.05, 0.1) is 7.11 Å². The summed E-state index contributed by atoms with van der Waals surface area (Å²) in [4.78, 5) is 10.3. The largest absolute Gasteiger partial charge is 0.497 e. The molecule has 0 aliphatic carbocycles. The molecule has 1 atom stereocenters. The average Bonchev–Trinajstić information content (AvgIpc) is 2.18. The number of hydrogen-bond acceptors (Lipinski definition) is 2. The van der Waals surface area contributed by atoms with Gasteiger partial charge in [0.2, 0.25) is 0 Å². The van der Waals surface area contributed by atoms with Crippen LogP contribution in [-0.2, 0) is 4.79 Å². The fourth-order valence-corrected chi connectivity index (χ4v) is 1.21. The molecule has 0 fully saturated rings. The summed E-state index contributed by atoms with van der Waals surface area (Å²) in [5, 5.41) is 0. The Morgan fingerprint density at radius 3 is 2.46 bits per heavy atom. The molecule has 0 aliphatic rings.